The summed E-state index contributed by atoms with van der Waals surface area (Å²) in [5, 5.41) is 10.7. The van der Waals surface area contributed by atoms with Gasteiger partial charge in [-0.25, -0.2) is 9.79 Å². The summed E-state index contributed by atoms with van der Waals surface area (Å²) in [6.07, 6.45) is 1.66. The van der Waals surface area contributed by atoms with Crippen molar-refractivity contribution in [3.8, 4) is 17.2 Å². The van der Waals surface area contributed by atoms with Crippen LogP contribution in [0.4, 0.5) is 5.69 Å². The normalized spacial score (nSPS) is 16.3. The maximum atomic E-state index is 13.8. The van der Waals surface area contributed by atoms with Crippen molar-refractivity contribution in [2.24, 2.45) is 4.99 Å². The SMILES string of the molecule is CCOC(=O)C1=C(C)N=c2s/c(=C\c3ccc(N(CC)CC)cc3O)c(=O)n2[C@H]1c1ccc2c(c1)OCO2. The van der Waals surface area contributed by atoms with E-state index in [0.717, 1.165) is 18.8 Å². The van der Waals surface area contributed by atoms with Crippen molar-refractivity contribution in [1.29, 1.82) is 0 Å². The van der Waals surface area contributed by atoms with E-state index in [0.29, 0.717) is 37.7 Å². The number of phenolic OH excluding ortho intramolecular Hbond substituents is 1. The second kappa shape index (κ2) is 10.4. The average Bonchev–Trinajstić information content (AvgIpc) is 3.49. The number of allylic oxidation sites excluding steroid dienone is 1. The highest BCUT2D eigenvalue weighted by Gasteiger charge is 2.34. The minimum Gasteiger partial charge on any atom is -0.507 e. The van der Waals surface area contributed by atoms with E-state index in [2.05, 4.69) is 23.7 Å². The molecule has 0 fully saturated rings. The Morgan fingerprint density at radius 1 is 1.18 bits per heavy atom. The predicted octanol–water partition coefficient (Wildman–Crippen LogP) is 3.08. The number of aromatic hydroxyl groups is 1. The molecule has 9 nitrogen and oxygen atoms in total. The summed E-state index contributed by atoms with van der Waals surface area (Å²) in [6, 6.07) is 10.0. The van der Waals surface area contributed by atoms with Gasteiger partial charge in [0, 0.05) is 30.4 Å². The monoisotopic (exact) mass is 535 g/mol. The molecule has 198 valence electrons. The van der Waals surface area contributed by atoms with Crippen molar-refractivity contribution < 1.29 is 24.1 Å². The van der Waals surface area contributed by atoms with Crippen LogP contribution in [-0.2, 0) is 9.53 Å². The Kier molecular flexibility index (Phi) is 6.98. The van der Waals surface area contributed by atoms with Crippen LogP contribution in [0, 0.1) is 0 Å². The average molecular weight is 536 g/mol. The third kappa shape index (κ3) is 4.45. The van der Waals surface area contributed by atoms with E-state index >= 15 is 0 Å². The highest BCUT2D eigenvalue weighted by atomic mass is 32.1. The van der Waals surface area contributed by atoms with Crippen molar-refractivity contribution in [2.75, 3.05) is 31.4 Å². The van der Waals surface area contributed by atoms with Gasteiger partial charge in [-0.3, -0.25) is 9.36 Å². The number of aromatic nitrogens is 1. The summed E-state index contributed by atoms with van der Waals surface area (Å²) in [5.74, 6) is 0.690. The van der Waals surface area contributed by atoms with Crippen molar-refractivity contribution >= 4 is 29.1 Å². The number of fused-ring (bicyclic) bond motifs is 2. The van der Waals surface area contributed by atoms with Crippen LogP contribution in [0.2, 0.25) is 0 Å². The summed E-state index contributed by atoms with van der Waals surface area (Å²) in [7, 11) is 0. The highest BCUT2D eigenvalue weighted by Crippen LogP contribution is 2.38. The van der Waals surface area contributed by atoms with E-state index < -0.39 is 12.0 Å². The van der Waals surface area contributed by atoms with Crippen LogP contribution < -0.4 is 29.3 Å². The number of anilines is 1. The molecule has 2 aliphatic heterocycles. The number of phenols is 1. The lowest BCUT2D eigenvalue weighted by Gasteiger charge is -2.24. The quantitative estimate of drug-likeness (QED) is 0.464. The molecule has 0 unspecified atom stereocenters. The van der Waals surface area contributed by atoms with Gasteiger partial charge in [-0.1, -0.05) is 17.4 Å². The van der Waals surface area contributed by atoms with Crippen LogP contribution in [0.1, 0.15) is 44.9 Å². The number of rotatable bonds is 7. The fraction of sp³-hybridized carbons (Fsp3) is 0.321. The zero-order valence-electron chi connectivity index (χ0n) is 21.7. The van der Waals surface area contributed by atoms with Gasteiger partial charge in [-0.2, -0.15) is 0 Å². The number of benzene rings is 2. The Labute approximate surface area is 223 Å². The zero-order chi connectivity index (χ0) is 27.0. The standard InChI is InChI=1S/C28H29N3O6S/c1-5-30(6-2)19-10-8-17(20(32)14-19)13-23-26(33)31-25(18-9-11-21-22(12-18)37-15-36-21)24(27(34)35-7-3)16(4)29-28(31)38-23/h8-14,25,32H,5-7,15H2,1-4H3/b23-13-/t25-/m0/s1. The molecule has 0 saturated carbocycles. The fourth-order valence-electron chi connectivity index (χ4n) is 4.77. The van der Waals surface area contributed by atoms with Crippen LogP contribution in [0.25, 0.3) is 6.08 Å². The molecule has 3 heterocycles. The molecule has 0 saturated heterocycles. The fourth-order valence-corrected chi connectivity index (χ4v) is 5.81. The molecule has 1 atom stereocenters. The van der Waals surface area contributed by atoms with Gasteiger partial charge in [0.1, 0.15) is 5.75 Å². The first kappa shape index (κ1) is 25.6. The molecule has 5 rings (SSSR count). The molecule has 0 bridgehead atoms. The largest absolute Gasteiger partial charge is 0.507 e. The number of nitrogens with zero attached hydrogens (tertiary/aromatic N) is 3. The maximum Gasteiger partial charge on any atom is 0.338 e. The van der Waals surface area contributed by atoms with Crippen LogP contribution in [-0.4, -0.2) is 42.1 Å². The number of hydrogen-bond acceptors (Lipinski definition) is 9. The van der Waals surface area contributed by atoms with Crippen molar-refractivity contribution in [2.45, 2.75) is 33.7 Å². The van der Waals surface area contributed by atoms with E-state index in [-0.39, 0.29) is 30.3 Å². The van der Waals surface area contributed by atoms with Crippen LogP contribution in [0.15, 0.2) is 57.5 Å². The maximum absolute atomic E-state index is 13.8. The summed E-state index contributed by atoms with van der Waals surface area (Å²) >= 11 is 1.20. The first-order valence-corrected chi connectivity index (χ1v) is 13.3. The van der Waals surface area contributed by atoms with Crippen LogP contribution >= 0.6 is 11.3 Å². The van der Waals surface area contributed by atoms with E-state index in [4.69, 9.17) is 14.2 Å². The lowest BCUT2D eigenvalue weighted by atomic mass is 9.95. The Bertz CT molecular complexity index is 1620. The summed E-state index contributed by atoms with van der Waals surface area (Å²) in [6.45, 7) is 9.51. The first-order valence-electron chi connectivity index (χ1n) is 12.5. The molecule has 0 aliphatic carbocycles. The van der Waals surface area contributed by atoms with E-state index in [1.54, 1.807) is 44.2 Å². The minimum atomic E-state index is -0.763. The minimum absolute atomic E-state index is 0.0796. The number of thiazole rings is 1. The zero-order valence-corrected chi connectivity index (χ0v) is 22.5. The number of hydrogen-bond donors (Lipinski definition) is 1. The highest BCUT2D eigenvalue weighted by molar-refractivity contribution is 7.07. The summed E-state index contributed by atoms with van der Waals surface area (Å²) < 4.78 is 18.2. The molecule has 0 amide bonds. The lowest BCUT2D eigenvalue weighted by Crippen LogP contribution is -2.39. The van der Waals surface area contributed by atoms with Gasteiger partial charge in [0.15, 0.2) is 16.3 Å². The van der Waals surface area contributed by atoms with Gasteiger partial charge in [0.2, 0.25) is 6.79 Å². The Morgan fingerprint density at radius 2 is 1.95 bits per heavy atom. The number of esters is 1. The molecule has 2 aromatic carbocycles. The van der Waals surface area contributed by atoms with Crippen molar-refractivity contribution in [3.05, 3.63) is 78.5 Å². The lowest BCUT2D eigenvalue weighted by molar-refractivity contribution is -0.139. The number of ether oxygens (including phenoxy) is 3. The van der Waals surface area contributed by atoms with Gasteiger partial charge in [0.25, 0.3) is 5.56 Å². The van der Waals surface area contributed by atoms with Gasteiger partial charge in [0.05, 0.1) is 28.5 Å². The molecule has 38 heavy (non-hydrogen) atoms. The number of carbonyl (C=O) groups is 1. The summed E-state index contributed by atoms with van der Waals surface area (Å²) in [5.41, 5.74) is 2.54. The molecule has 10 heteroatoms. The predicted molar refractivity (Wildman–Crippen MR) is 145 cm³/mol. The first-order chi connectivity index (χ1) is 18.4. The van der Waals surface area contributed by atoms with Gasteiger partial charge >= 0.3 is 5.97 Å². The van der Waals surface area contributed by atoms with E-state index in [1.165, 1.54) is 15.9 Å². The third-order valence-electron chi connectivity index (χ3n) is 6.66. The van der Waals surface area contributed by atoms with Gasteiger partial charge in [-0.05, 0) is 63.6 Å². The van der Waals surface area contributed by atoms with Crippen LogP contribution in [0.3, 0.4) is 0 Å². The molecular formula is C28H29N3O6S. The number of carbonyl (C=O) groups excluding carboxylic acids is 1. The Hall–Kier alpha value is -4.05. The molecule has 0 radical (unpaired) electrons. The molecule has 2 aliphatic rings. The van der Waals surface area contributed by atoms with E-state index in [1.807, 2.05) is 12.1 Å². The van der Waals surface area contributed by atoms with Gasteiger partial charge < -0.3 is 24.2 Å². The second-order valence-electron chi connectivity index (χ2n) is 8.83. The molecule has 1 aromatic heterocycles. The molecule has 1 N–H and O–H groups in total. The molecular weight excluding hydrogens is 506 g/mol. The topological polar surface area (TPSA) is 103 Å². The molecule has 0 spiro atoms. The molecule has 3 aromatic rings. The second-order valence-corrected chi connectivity index (χ2v) is 9.84. The van der Waals surface area contributed by atoms with Crippen LogP contribution in [0.5, 0.6) is 17.2 Å². The smallest absolute Gasteiger partial charge is 0.338 e. The van der Waals surface area contributed by atoms with Crippen molar-refractivity contribution in [1.82, 2.24) is 4.57 Å². The Morgan fingerprint density at radius 3 is 2.66 bits per heavy atom. The van der Waals surface area contributed by atoms with E-state index in [9.17, 15) is 14.7 Å². The van der Waals surface area contributed by atoms with Gasteiger partial charge in [-0.15, -0.1) is 0 Å². The Balaban J connectivity index is 1.66. The third-order valence-corrected chi connectivity index (χ3v) is 7.64. The summed E-state index contributed by atoms with van der Waals surface area (Å²) in [4.78, 5) is 34.1. The van der Waals surface area contributed by atoms with Crippen molar-refractivity contribution in [3.63, 3.8) is 0 Å².